The summed E-state index contributed by atoms with van der Waals surface area (Å²) in [4.78, 5) is 14.9. The highest BCUT2D eigenvalue weighted by molar-refractivity contribution is 7.92. The van der Waals surface area contributed by atoms with E-state index in [2.05, 4.69) is 15.6 Å². The Morgan fingerprint density at radius 3 is 2.30 bits per heavy atom. The largest absolute Gasteiger partial charge is 0.348 e. The molecular formula is C19H27N4O3S+. The molecule has 0 saturated heterocycles. The Morgan fingerprint density at radius 2 is 1.78 bits per heavy atom. The molecule has 7 nitrogen and oxygen atoms in total. The minimum atomic E-state index is -3.68. The highest BCUT2D eigenvalue weighted by Crippen LogP contribution is 2.22. The maximum absolute atomic E-state index is 12.9. The van der Waals surface area contributed by atoms with E-state index in [9.17, 15) is 13.2 Å². The molecule has 3 N–H and O–H groups in total. The van der Waals surface area contributed by atoms with Gasteiger partial charge in [-0.15, -0.1) is 0 Å². The van der Waals surface area contributed by atoms with Crippen molar-refractivity contribution >= 4 is 27.4 Å². The van der Waals surface area contributed by atoms with Crippen LogP contribution in [0.3, 0.4) is 0 Å². The van der Waals surface area contributed by atoms with E-state index in [-0.39, 0.29) is 22.9 Å². The smallest absolute Gasteiger partial charge is 0.272 e. The maximum atomic E-state index is 12.9. The van der Waals surface area contributed by atoms with Crippen molar-refractivity contribution in [1.82, 2.24) is 5.32 Å². The van der Waals surface area contributed by atoms with Crippen LogP contribution in [-0.2, 0) is 14.8 Å². The van der Waals surface area contributed by atoms with Crippen LogP contribution in [0.5, 0.6) is 0 Å². The lowest BCUT2D eigenvalue weighted by Gasteiger charge is -2.22. The van der Waals surface area contributed by atoms with Crippen molar-refractivity contribution in [2.75, 3.05) is 22.7 Å². The van der Waals surface area contributed by atoms with Gasteiger partial charge in [-0.3, -0.25) is 14.4 Å². The van der Waals surface area contributed by atoms with Gasteiger partial charge in [0, 0.05) is 18.2 Å². The van der Waals surface area contributed by atoms with Crippen molar-refractivity contribution in [3.05, 3.63) is 48.7 Å². The molecule has 1 heterocycles. The van der Waals surface area contributed by atoms with Gasteiger partial charge in [-0.2, -0.15) is 0 Å². The number of carbonyl (C=O) groups excluding carboxylic acids is 1. The average molecular weight is 392 g/mol. The number of H-pyrrole nitrogens is 1. The van der Waals surface area contributed by atoms with Crippen molar-refractivity contribution in [2.45, 2.75) is 38.1 Å². The fraction of sp³-hybridized carbons (Fsp3) is 0.368. The number of rotatable bonds is 7. The van der Waals surface area contributed by atoms with Gasteiger partial charge in [0.2, 0.25) is 0 Å². The highest BCUT2D eigenvalue weighted by Gasteiger charge is 2.25. The third-order valence-corrected chi connectivity index (χ3v) is 5.56. The molecule has 0 aliphatic carbocycles. The van der Waals surface area contributed by atoms with Crippen molar-refractivity contribution in [3.8, 4) is 0 Å². The Morgan fingerprint density at radius 1 is 1.11 bits per heavy atom. The summed E-state index contributed by atoms with van der Waals surface area (Å²) in [6.45, 7) is 7.91. The number of nitrogens with zero attached hydrogens (tertiary/aromatic N) is 1. The van der Waals surface area contributed by atoms with Crippen molar-refractivity contribution in [3.63, 3.8) is 0 Å². The van der Waals surface area contributed by atoms with E-state index in [1.807, 2.05) is 26.8 Å². The van der Waals surface area contributed by atoms with E-state index in [1.54, 1.807) is 37.3 Å². The number of benzene rings is 1. The summed E-state index contributed by atoms with van der Waals surface area (Å²) in [6.07, 6.45) is 1.42. The van der Waals surface area contributed by atoms with E-state index in [0.29, 0.717) is 18.1 Å². The van der Waals surface area contributed by atoms with Gasteiger partial charge in [0.15, 0.2) is 6.54 Å². The first-order valence-corrected chi connectivity index (χ1v) is 10.2. The molecule has 1 aromatic heterocycles. The molecule has 27 heavy (non-hydrogen) atoms. The monoisotopic (exact) mass is 391 g/mol. The van der Waals surface area contributed by atoms with E-state index >= 15 is 0 Å². The van der Waals surface area contributed by atoms with Crippen LogP contribution >= 0.6 is 0 Å². The summed E-state index contributed by atoms with van der Waals surface area (Å²) >= 11 is 0. The van der Waals surface area contributed by atoms with Crippen LogP contribution in [0.15, 0.2) is 53.6 Å². The van der Waals surface area contributed by atoms with E-state index in [1.165, 1.54) is 16.6 Å². The molecular weight excluding hydrogens is 364 g/mol. The molecule has 0 aliphatic rings. The number of aromatic nitrogens is 1. The van der Waals surface area contributed by atoms with E-state index in [4.69, 9.17) is 0 Å². The average Bonchev–Trinajstić information content (AvgIpc) is 2.60. The number of pyridine rings is 1. The maximum Gasteiger partial charge on any atom is 0.272 e. The van der Waals surface area contributed by atoms with Crippen LogP contribution in [0.2, 0.25) is 0 Å². The van der Waals surface area contributed by atoms with Crippen molar-refractivity contribution < 1.29 is 18.2 Å². The summed E-state index contributed by atoms with van der Waals surface area (Å²) in [5, 5.41) is 5.79. The Balaban J connectivity index is 2.10. The number of carbonyl (C=O) groups is 1. The predicted molar refractivity (Wildman–Crippen MR) is 106 cm³/mol. The van der Waals surface area contributed by atoms with Crippen LogP contribution in [0.1, 0.15) is 27.7 Å². The van der Waals surface area contributed by atoms with Gasteiger partial charge >= 0.3 is 0 Å². The first kappa shape index (κ1) is 20.7. The highest BCUT2D eigenvalue weighted by atomic mass is 32.2. The summed E-state index contributed by atoms with van der Waals surface area (Å²) in [6, 6.07) is 12.1. The summed E-state index contributed by atoms with van der Waals surface area (Å²) in [7, 11) is -3.68. The lowest BCUT2D eigenvalue weighted by molar-refractivity contribution is -0.364. The summed E-state index contributed by atoms with van der Waals surface area (Å²) < 4.78 is 27.2. The number of amides is 1. The topological polar surface area (TPSA) is 92.7 Å². The molecule has 2 aromatic rings. The lowest BCUT2D eigenvalue weighted by Crippen LogP contribution is -2.43. The molecule has 1 aromatic carbocycles. The lowest BCUT2D eigenvalue weighted by atomic mass is 10.1. The van der Waals surface area contributed by atoms with Gasteiger partial charge < -0.3 is 5.32 Å². The van der Waals surface area contributed by atoms with Gasteiger partial charge in [0.1, 0.15) is 11.1 Å². The number of nitrogens with one attached hydrogen (secondary N) is 3. The molecule has 0 atom stereocenters. The number of hydrogen-bond donors (Lipinski definition) is 2. The second-order valence-corrected chi connectivity index (χ2v) is 8.96. The minimum absolute atomic E-state index is 0.0883. The predicted octanol–water partition coefficient (Wildman–Crippen LogP) is 2.04. The fourth-order valence-corrected chi connectivity index (χ4v) is 3.97. The van der Waals surface area contributed by atoms with Gasteiger partial charge in [0.25, 0.3) is 21.7 Å². The van der Waals surface area contributed by atoms with Gasteiger partial charge in [-0.25, -0.2) is 13.4 Å². The zero-order valence-electron chi connectivity index (χ0n) is 16.1. The van der Waals surface area contributed by atoms with Crippen LogP contribution < -0.4 is 19.9 Å². The Hall–Kier alpha value is -2.61. The molecule has 0 bridgehead atoms. The summed E-state index contributed by atoms with van der Waals surface area (Å²) in [5.41, 5.74) is 0.308. The third-order valence-electron chi connectivity index (χ3n) is 3.66. The zero-order chi connectivity index (χ0) is 20.1. The van der Waals surface area contributed by atoms with E-state index in [0.717, 1.165) is 0 Å². The fourth-order valence-electron chi connectivity index (χ4n) is 2.53. The number of hydrogen-bond acceptors (Lipinski definition) is 4. The van der Waals surface area contributed by atoms with Crippen LogP contribution in [-0.4, -0.2) is 33.0 Å². The molecule has 0 radical (unpaired) electrons. The SMILES string of the molecule is CCN(c1ccccc1)S(=O)(=O)c1ccc(NCC(=O)NC(C)(C)C)[nH+]c1. The first-order valence-electron chi connectivity index (χ1n) is 8.78. The Labute approximate surface area is 160 Å². The zero-order valence-corrected chi connectivity index (χ0v) is 16.9. The third kappa shape index (κ3) is 5.68. The Kier molecular flexibility index (Phi) is 6.43. The van der Waals surface area contributed by atoms with E-state index < -0.39 is 10.0 Å². The number of para-hydroxylation sites is 1. The van der Waals surface area contributed by atoms with Crippen LogP contribution in [0.25, 0.3) is 0 Å². The molecule has 0 saturated carbocycles. The van der Waals surface area contributed by atoms with Crippen LogP contribution in [0, 0.1) is 0 Å². The van der Waals surface area contributed by atoms with Crippen molar-refractivity contribution in [2.24, 2.45) is 0 Å². The van der Waals surface area contributed by atoms with Gasteiger partial charge in [0.05, 0.1) is 5.69 Å². The standard InChI is InChI=1S/C19H26N4O3S/c1-5-23(15-9-7-6-8-10-15)27(25,26)16-11-12-17(20-13-16)21-14-18(24)22-19(2,3)4/h6-13H,5,14H2,1-4H3,(H,20,21)(H,22,24)/p+1. The minimum Gasteiger partial charge on any atom is -0.348 e. The molecule has 0 fully saturated rings. The molecule has 8 heteroatoms. The Bertz CT molecular complexity index is 860. The van der Waals surface area contributed by atoms with Gasteiger partial charge in [-0.1, -0.05) is 18.2 Å². The number of anilines is 2. The second kappa shape index (κ2) is 8.39. The first-order chi connectivity index (χ1) is 12.6. The molecule has 0 unspecified atom stereocenters. The molecule has 1 amide bonds. The second-order valence-electron chi connectivity index (χ2n) is 7.10. The molecule has 2 rings (SSSR count). The molecule has 0 spiro atoms. The molecule has 146 valence electrons. The van der Waals surface area contributed by atoms with Gasteiger partial charge in [-0.05, 0) is 45.9 Å². The summed E-state index contributed by atoms with van der Waals surface area (Å²) in [5.74, 6) is 0.412. The quantitative estimate of drug-likeness (QED) is 0.755. The normalized spacial score (nSPS) is 11.7. The number of aromatic amines is 1. The number of sulfonamides is 1. The van der Waals surface area contributed by atoms with Crippen molar-refractivity contribution in [1.29, 1.82) is 0 Å². The molecule has 0 aliphatic heterocycles. The van der Waals surface area contributed by atoms with Crippen LogP contribution in [0.4, 0.5) is 11.5 Å².